The van der Waals surface area contributed by atoms with Crippen LogP contribution in [0.15, 0.2) is 35.5 Å². The fourth-order valence-electron chi connectivity index (χ4n) is 2.10. The van der Waals surface area contributed by atoms with Gasteiger partial charge in [-0.1, -0.05) is 23.4 Å². The molecule has 1 saturated heterocycles. The molecule has 0 radical (unpaired) electrons. The number of ether oxygens (including phenoxy) is 1. The van der Waals surface area contributed by atoms with E-state index in [9.17, 15) is 4.79 Å². The van der Waals surface area contributed by atoms with E-state index in [0.29, 0.717) is 6.61 Å². The van der Waals surface area contributed by atoms with Gasteiger partial charge in [-0.05, 0) is 23.3 Å². The van der Waals surface area contributed by atoms with Crippen molar-refractivity contribution in [2.45, 2.75) is 0 Å². The van der Waals surface area contributed by atoms with Crippen LogP contribution in [0.25, 0.3) is 6.08 Å². The van der Waals surface area contributed by atoms with E-state index >= 15 is 0 Å². The standard InChI is InChI=1S/C16H21N3O4/c20-16(18-21)5-4-14-2-1-3-15(12-14)13-17-23-11-8-19-6-9-22-10-7-19/h1-5,12-13,21H,6-11H2,(H,18,20). The molecule has 1 heterocycles. The Balaban J connectivity index is 1.75. The molecular weight excluding hydrogens is 298 g/mol. The number of hydrogen-bond donors (Lipinski definition) is 2. The van der Waals surface area contributed by atoms with Gasteiger partial charge in [-0.15, -0.1) is 0 Å². The molecule has 0 bridgehead atoms. The predicted molar refractivity (Wildman–Crippen MR) is 86.2 cm³/mol. The summed E-state index contributed by atoms with van der Waals surface area (Å²) in [6, 6.07) is 7.44. The molecule has 0 unspecified atom stereocenters. The molecule has 2 rings (SSSR count). The molecule has 0 saturated carbocycles. The van der Waals surface area contributed by atoms with E-state index in [1.54, 1.807) is 17.8 Å². The molecule has 0 aromatic heterocycles. The van der Waals surface area contributed by atoms with Gasteiger partial charge in [0.15, 0.2) is 0 Å². The second kappa shape index (κ2) is 9.73. The molecule has 124 valence electrons. The minimum Gasteiger partial charge on any atom is -0.394 e. The van der Waals surface area contributed by atoms with Gasteiger partial charge in [0, 0.05) is 25.7 Å². The summed E-state index contributed by atoms with van der Waals surface area (Å²) in [6.45, 7) is 4.79. The van der Waals surface area contributed by atoms with Crippen LogP contribution >= 0.6 is 0 Å². The topological polar surface area (TPSA) is 83.4 Å². The Morgan fingerprint density at radius 1 is 1.39 bits per heavy atom. The van der Waals surface area contributed by atoms with Gasteiger partial charge >= 0.3 is 0 Å². The van der Waals surface area contributed by atoms with Gasteiger partial charge in [0.25, 0.3) is 5.91 Å². The highest BCUT2D eigenvalue weighted by Crippen LogP contribution is 2.05. The Morgan fingerprint density at radius 3 is 2.96 bits per heavy atom. The summed E-state index contributed by atoms with van der Waals surface area (Å²) in [7, 11) is 0. The maximum atomic E-state index is 10.9. The van der Waals surface area contributed by atoms with E-state index in [1.807, 2.05) is 24.3 Å². The van der Waals surface area contributed by atoms with Crippen LogP contribution in [0.4, 0.5) is 0 Å². The van der Waals surface area contributed by atoms with Crippen molar-refractivity contribution in [1.82, 2.24) is 10.4 Å². The number of amides is 1. The molecule has 1 aliphatic rings. The molecule has 1 aromatic carbocycles. The molecule has 0 aliphatic carbocycles. The van der Waals surface area contributed by atoms with Crippen LogP contribution in [0.2, 0.25) is 0 Å². The van der Waals surface area contributed by atoms with Crippen LogP contribution in [-0.4, -0.2) is 61.7 Å². The first-order valence-electron chi connectivity index (χ1n) is 7.45. The Morgan fingerprint density at radius 2 is 2.17 bits per heavy atom. The number of rotatable bonds is 7. The number of morpholine rings is 1. The summed E-state index contributed by atoms with van der Waals surface area (Å²) in [5.41, 5.74) is 3.23. The third-order valence-electron chi connectivity index (χ3n) is 3.33. The van der Waals surface area contributed by atoms with Gasteiger partial charge < -0.3 is 9.57 Å². The fourth-order valence-corrected chi connectivity index (χ4v) is 2.10. The maximum Gasteiger partial charge on any atom is 0.267 e. The number of carbonyl (C=O) groups is 1. The lowest BCUT2D eigenvalue weighted by atomic mass is 10.1. The highest BCUT2D eigenvalue weighted by molar-refractivity contribution is 5.91. The predicted octanol–water partition coefficient (Wildman–Crippen LogP) is 0.888. The van der Waals surface area contributed by atoms with Crippen molar-refractivity contribution in [3.63, 3.8) is 0 Å². The zero-order valence-corrected chi connectivity index (χ0v) is 12.9. The summed E-state index contributed by atoms with van der Waals surface area (Å²) in [5, 5.41) is 12.4. The molecule has 1 aromatic rings. The Bertz CT molecular complexity index is 554. The second-order valence-corrected chi connectivity index (χ2v) is 5.00. The lowest BCUT2D eigenvalue weighted by Crippen LogP contribution is -2.38. The first-order valence-corrected chi connectivity index (χ1v) is 7.45. The van der Waals surface area contributed by atoms with Crippen molar-refractivity contribution >= 4 is 18.2 Å². The number of benzene rings is 1. The van der Waals surface area contributed by atoms with Crippen molar-refractivity contribution in [3.8, 4) is 0 Å². The first kappa shape index (κ1) is 17.1. The number of nitrogens with zero attached hydrogens (tertiary/aromatic N) is 2. The average Bonchev–Trinajstić information content (AvgIpc) is 2.60. The van der Waals surface area contributed by atoms with Crippen LogP contribution < -0.4 is 5.48 Å². The van der Waals surface area contributed by atoms with Crippen LogP contribution in [0.5, 0.6) is 0 Å². The van der Waals surface area contributed by atoms with Gasteiger partial charge in [0.1, 0.15) is 6.61 Å². The van der Waals surface area contributed by atoms with Crippen LogP contribution in [0.3, 0.4) is 0 Å². The second-order valence-electron chi connectivity index (χ2n) is 5.00. The molecule has 1 amide bonds. The Kier molecular flexibility index (Phi) is 7.25. The zero-order valence-electron chi connectivity index (χ0n) is 12.9. The first-order chi connectivity index (χ1) is 11.3. The molecule has 1 fully saturated rings. The van der Waals surface area contributed by atoms with Crippen molar-refractivity contribution < 1.29 is 19.6 Å². The normalized spacial score (nSPS) is 16.0. The zero-order chi connectivity index (χ0) is 16.3. The highest BCUT2D eigenvalue weighted by atomic mass is 16.6. The quantitative estimate of drug-likeness (QED) is 0.256. The Labute approximate surface area is 135 Å². The molecule has 0 atom stereocenters. The van der Waals surface area contributed by atoms with E-state index in [1.165, 1.54) is 6.08 Å². The molecular formula is C16H21N3O4. The SMILES string of the molecule is O=C(C=Cc1cccc(C=NOCCN2CCOCC2)c1)NO. The minimum atomic E-state index is -0.574. The van der Waals surface area contributed by atoms with E-state index in [2.05, 4.69) is 10.1 Å². The van der Waals surface area contributed by atoms with E-state index in [-0.39, 0.29) is 0 Å². The monoisotopic (exact) mass is 319 g/mol. The highest BCUT2D eigenvalue weighted by Gasteiger charge is 2.09. The number of hydroxylamine groups is 1. The third kappa shape index (κ3) is 6.60. The maximum absolute atomic E-state index is 10.9. The van der Waals surface area contributed by atoms with Crippen LogP contribution in [0, 0.1) is 0 Å². The number of oxime groups is 1. The van der Waals surface area contributed by atoms with Gasteiger partial charge in [0.05, 0.1) is 19.4 Å². The largest absolute Gasteiger partial charge is 0.394 e. The van der Waals surface area contributed by atoms with Crippen molar-refractivity contribution in [2.75, 3.05) is 39.5 Å². The molecule has 23 heavy (non-hydrogen) atoms. The Hall–Kier alpha value is -2.22. The van der Waals surface area contributed by atoms with E-state index in [0.717, 1.165) is 44.0 Å². The number of nitrogens with one attached hydrogen (secondary N) is 1. The lowest BCUT2D eigenvalue weighted by molar-refractivity contribution is -0.124. The molecule has 2 N–H and O–H groups in total. The molecule has 7 heteroatoms. The van der Waals surface area contributed by atoms with Gasteiger partial charge in [-0.2, -0.15) is 0 Å². The fraction of sp³-hybridized carbons (Fsp3) is 0.375. The summed E-state index contributed by atoms with van der Waals surface area (Å²) >= 11 is 0. The molecule has 1 aliphatic heterocycles. The van der Waals surface area contributed by atoms with Crippen molar-refractivity contribution in [1.29, 1.82) is 0 Å². The average molecular weight is 319 g/mol. The smallest absolute Gasteiger partial charge is 0.267 e. The van der Waals surface area contributed by atoms with Crippen molar-refractivity contribution in [2.24, 2.45) is 5.16 Å². The lowest BCUT2D eigenvalue weighted by Gasteiger charge is -2.25. The minimum absolute atomic E-state index is 0.534. The molecule has 0 spiro atoms. The van der Waals surface area contributed by atoms with Crippen molar-refractivity contribution in [3.05, 3.63) is 41.5 Å². The van der Waals surface area contributed by atoms with Gasteiger partial charge in [-0.3, -0.25) is 14.9 Å². The van der Waals surface area contributed by atoms with E-state index < -0.39 is 5.91 Å². The van der Waals surface area contributed by atoms with Crippen LogP contribution in [-0.2, 0) is 14.4 Å². The van der Waals surface area contributed by atoms with E-state index in [4.69, 9.17) is 14.8 Å². The third-order valence-corrected chi connectivity index (χ3v) is 3.33. The van der Waals surface area contributed by atoms with Crippen LogP contribution in [0.1, 0.15) is 11.1 Å². The van der Waals surface area contributed by atoms with Gasteiger partial charge in [-0.25, -0.2) is 5.48 Å². The summed E-state index contributed by atoms with van der Waals surface area (Å²) in [4.78, 5) is 18.5. The summed E-state index contributed by atoms with van der Waals surface area (Å²) in [6.07, 6.45) is 4.47. The number of carbonyl (C=O) groups excluding carboxylic acids is 1. The molecule has 7 nitrogen and oxygen atoms in total. The number of hydrogen-bond acceptors (Lipinski definition) is 6. The summed E-state index contributed by atoms with van der Waals surface area (Å²) in [5.74, 6) is -0.574. The summed E-state index contributed by atoms with van der Waals surface area (Å²) < 4.78 is 5.28. The van der Waals surface area contributed by atoms with Gasteiger partial charge in [0.2, 0.25) is 0 Å².